The Morgan fingerprint density at radius 3 is 2.86 bits per heavy atom. The summed E-state index contributed by atoms with van der Waals surface area (Å²) in [4.78, 5) is 34.6. The van der Waals surface area contributed by atoms with Crippen LogP contribution in [0.1, 0.15) is 35.3 Å². The quantitative estimate of drug-likeness (QED) is 0.733. The summed E-state index contributed by atoms with van der Waals surface area (Å²) in [6.45, 7) is 6.51. The number of aromatic amines is 1. The van der Waals surface area contributed by atoms with E-state index in [4.69, 9.17) is 0 Å². The van der Waals surface area contributed by atoms with Crippen LogP contribution in [0.4, 0.5) is 0 Å². The lowest BCUT2D eigenvalue weighted by molar-refractivity contribution is 0.0825. The van der Waals surface area contributed by atoms with E-state index in [0.717, 1.165) is 19.5 Å². The third-order valence-electron chi connectivity index (χ3n) is 5.60. The Bertz CT molecular complexity index is 1090. The van der Waals surface area contributed by atoms with Gasteiger partial charge in [-0.25, -0.2) is 0 Å². The number of nitrogens with zero attached hydrogens (tertiary/aromatic N) is 2. The summed E-state index contributed by atoms with van der Waals surface area (Å²) < 4.78 is 0. The van der Waals surface area contributed by atoms with Crippen molar-refractivity contribution in [1.82, 2.24) is 20.2 Å². The number of carbonyl (C=O) groups is 1. The fourth-order valence-corrected chi connectivity index (χ4v) is 3.75. The van der Waals surface area contributed by atoms with Crippen LogP contribution >= 0.6 is 0 Å². The van der Waals surface area contributed by atoms with Crippen LogP contribution in [0.15, 0.2) is 53.7 Å². The number of hydrogen-bond acceptors (Lipinski definition) is 4. The first-order valence-corrected chi connectivity index (χ1v) is 9.51. The number of carbonyl (C=O) groups excluding carboxylic acids is 1. The van der Waals surface area contributed by atoms with Crippen LogP contribution in [0.2, 0.25) is 0 Å². The maximum atomic E-state index is 12.7. The topological polar surface area (TPSA) is 78.1 Å². The lowest BCUT2D eigenvalue weighted by Crippen LogP contribution is -2.53. The number of nitrogens with one attached hydrogen (secondary N) is 2. The third kappa shape index (κ3) is 3.43. The highest BCUT2D eigenvalue weighted by Gasteiger charge is 2.30. The Morgan fingerprint density at radius 2 is 2.04 bits per heavy atom. The molecule has 3 aromatic rings. The molecule has 1 amide bonds. The number of hydrogen-bond donors (Lipinski definition) is 2. The molecule has 4 rings (SSSR count). The van der Waals surface area contributed by atoms with Crippen molar-refractivity contribution in [2.75, 3.05) is 13.1 Å². The molecule has 2 aromatic heterocycles. The van der Waals surface area contributed by atoms with E-state index in [1.165, 1.54) is 23.5 Å². The molecule has 3 heterocycles. The lowest BCUT2D eigenvalue weighted by atomic mass is 9.94. The molecule has 144 valence electrons. The number of pyridine rings is 2. The molecule has 0 saturated heterocycles. The number of rotatable bonds is 4. The van der Waals surface area contributed by atoms with Gasteiger partial charge in [0, 0.05) is 43.8 Å². The molecule has 2 N–H and O–H groups in total. The molecule has 0 fully saturated rings. The Hall–Kier alpha value is -2.99. The van der Waals surface area contributed by atoms with Gasteiger partial charge in [0.15, 0.2) is 0 Å². The largest absolute Gasteiger partial charge is 0.360 e. The van der Waals surface area contributed by atoms with Crippen molar-refractivity contribution < 1.29 is 4.79 Å². The van der Waals surface area contributed by atoms with Crippen LogP contribution in [0.25, 0.3) is 10.9 Å². The highest BCUT2D eigenvalue weighted by Crippen LogP contribution is 2.25. The van der Waals surface area contributed by atoms with Crippen molar-refractivity contribution in [2.45, 2.75) is 32.4 Å². The predicted octanol–water partition coefficient (Wildman–Crippen LogP) is 2.49. The molecular weight excluding hydrogens is 352 g/mol. The van der Waals surface area contributed by atoms with Crippen LogP contribution in [-0.4, -0.2) is 39.4 Å². The van der Waals surface area contributed by atoms with Crippen LogP contribution in [0.5, 0.6) is 0 Å². The van der Waals surface area contributed by atoms with E-state index >= 15 is 0 Å². The fraction of sp³-hybridized carbons (Fsp3) is 0.318. The smallest absolute Gasteiger partial charge is 0.256 e. The Labute approximate surface area is 163 Å². The third-order valence-corrected chi connectivity index (χ3v) is 5.60. The first-order chi connectivity index (χ1) is 13.5. The van der Waals surface area contributed by atoms with E-state index in [2.05, 4.69) is 58.3 Å². The van der Waals surface area contributed by atoms with Crippen molar-refractivity contribution >= 4 is 16.8 Å². The van der Waals surface area contributed by atoms with Gasteiger partial charge >= 0.3 is 0 Å². The van der Waals surface area contributed by atoms with Gasteiger partial charge in [-0.1, -0.05) is 24.3 Å². The van der Waals surface area contributed by atoms with E-state index in [1.54, 1.807) is 12.3 Å². The molecule has 0 unspecified atom stereocenters. The van der Waals surface area contributed by atoms with Crippen molar-refractivity contribution in [3.8, 4) is 0 Å². The molecule has 0 aliphatic carbocycles. The van der Waals surface area contributed by atoms with Gasteiger partial charge in [0.05, 0.1) is 10.9 Å². The minimum absolute atomic E-state index is 0.111. The molecule has 6 heteroatoms. The van der Waals surface area contributed by atoms with Crippen LogP contribution in [0.3, 0.4) is 0 Å². The summed E-state index contributed by atoms with van der Waals surface area (Å²) in [5.41, 5.74) is 2.99. The normalized spacial score (nSPS) is 14.6. The molecule has 0 radical (unpaired) electrons. The van der Waals surface area contributed by atoms with E-state index in [1.807, 2.05) is 0 Å². The second kappa shape index (κ2) is 7.20. The maximum Gasteiger partial charge on any atom is 0.256 e. The monoisotopic (exact) mass is 376 g/mol. The molecular formula is C22H24N4O2. The van der Waals surface area contributed by atoms with Gasteiger partial charge in [-0.2, -0.15) is 0 Å². The Balaban J connectivity index is 1.47. The second-order valence-electron chi connectivity index (χ2n) is 7.89. The molecule has 28 heavy (non-hydrogen) atoms. The van der Waals surface area contributed by atoms with Crippen LogP contribution < -0.4 is 10.7 Å². The molecule has 0 atom stereocenters. The van der Waals surface area contributed by atoms with Crippen molar-refractivity contribution in [3.63, 3.8) is 0 Å². The van der Waals surface area contributed by atoms with Gasteiger partial charge in [-0.05, 0) is 37.5 Å². The summed E-state index contributed by atoms with van der Waals surface area (Å²) >= 11 is 0. The fourth-order valence-electron chi connectivity index (χ4n) is 3.75. The number of H-pyrrole nitrogens is 1. The molecule has 6 nitrogen and oxygen atoms in total. The summed E-state index contributed by atoms with van der Waals surface area (Å²) in [7, 11) is 0. The van der Waals surface area contributed by atoms with Crippen molar-refractivity contribution in [1.29, 1.82) is 0 Å². The van der Waals surface area contributed by atoms with E-state index in [9.17, 15) is 9.59 Å². The van der Waals surface area contributed by atoms with Crippen molar-refractivity contribution in [3.05, 3.63) is 75.8 Å². The Morgan fingerprint density at radius 1 is 1.25 bits per heavy atom. The number of fused-ring (bicyclic) bond motifs is 2. The minimum atomic E-state index is -0.363. The van der Waals surface area contributed by atoms with Crippen LogP contribution in [-0.2, 0) is 13.0 Å². The predicted molar refractivity (Wildman–Crippen MR) is 109 cm³/mol. The van der Waals surface area contributed by atoms with E-state index < -0.39 is 0 Å². The van der Waals surface area contributed by atoms with E-state index in [-0.39, 0.29) is 22.4 Å². The van der Waals surface area contributed by atoms with E-state index in [0.29, 0.717) is 17.4 Å². The maximum absolute atomic E-state index is 12.7. The number of aromatic nitrogens is 2. The highest BCUT2D eigenvalue weighted by atomic mass is 16.2. The molecule has 1 aliphatic heterocycles. The Kier molecular flexibility index (Phi) is 4.73. The summed E-state index contributed by atoms with van der Waals surface area (Å²) in [5.74, 6) is -0.363. The van der Waals surface area contributed by atoms with Gasteiger partial charge in [0.25, 0.3) is 5.91 Å². The van der Waals surface area contributed by atoms with Gasteiger partial charge < -0.3 is 10.3 Å². The average Bonchev–Trinajstić information content (AvgIpc) is 2.72. The average molecular weight is 376 g/mol. The van der Waals surface area contributed by atoms with Gasteiger partial charge in [0.2, 0.25) is 5.43 Å². The van der Waals surface area contributed by atoms with Gasteiger partial charge in [0.1, 0.15) is 5.56 Å². The van der Waals surface area contributed by atoms with Crippen LogP contribution in [0, 0.1) is 0 Å². The molecule has 0 saturated carbocycles. The summed E-state index contributed by atoms with van der Waals surface area (Å²) in [6.07, 6.45) is 5.58. The number of benzene rings is 1. The molecule has 0 bridgehead atoms. The lowest BCUT2D eigenvalue weighted by Gasteiger charge is -2.41. The first kappa shape index (κ1) is 18.4. The standard InChI is InChI=1S/C22H24N4O2/c1-22(2,26-10-8-15-5-3-4-6-16(15)13-26)14-25-21(28)18-12-24-19-7-9-23-11-17(19)20(18)27/h3-7,9,11-12H,8,10,13-14H2,1-2H3,(H,24,27)(H,25,28). The molecule has 1 aliphatic rings. The first-order valence-electron chi connectivity index (χ1n) is 9.51. The molecule has 1 aromatic carbocycles. The SMILES string of the molecule is CC(C)(CNC(=O)c1c[nH]c2ccncc2c1=O)N1CCc2ccccc2C1. The zero-order valence-corrected chi connectivity index (χ0v) is 16.2. The summed E-state index contributed by atoms with van der Waals surface area (Å²) in [6, 6.07) is 10.2. The summed E-state index contributed by atoms with van der Waals surface area (Å²) in [5, 5.41) is 3.36. The zero-order valence-electron chi connectivity index (χ0n) is 16.2. The number of amides is 1. The van der Waals surface area contributed by atoms with Gasteiger partial charge in [-0.3, -0.25) is 19.5 Å². The molecule has 0 spiro atoms. The second-order valence-corrected chi connectivity index (χ2v) is 7.89. The highest BCUT2D eigenvalue weighted by molar-refractivity contribution is 5.96. The van der Waals surface area contributed by atoms with Gasteiger partial charge in [-0.15, -0.1) is 0 Å². The minimum Gasteiger partial charge on any atom is -0.360 e. The zero-order chi connectivity index (χ0) is 19.7. The van der Waals surface area contributed by atoms with Crippen molar-refractivity contribution in [2.24, 2.45) is 0 Å².